The summed E-state index contributed by atoms with van der Waals surface area (Å²) >= 11 is 0. The molecule has 2 aliphatic heterocycles. The Balaban J connectivity index is 1.37. The molecule has 0 aliphatic carbocycles. The van der Waals surface area contributed by atoms with Crippen LogP contribution in [0.2, 0.25) is 0 Å². The number of rotatable bonds is 3. The van der Waals surface area contributed by atoms with Crippen molar-refractivity contribution >= 4 is 17.4 Å². The highest BCUT2D eigenvalue weighted by atomic mass is 19.1. The molecule has 0 radical (unpaired) electrons. The second-order valence-electron chi connectivity index (χ2n) is 6.90. The molecule has 1 atom stereocenters. The molecule has 0 spiro atoms. The zero-order valence-electron chi connectivity index (χ0n) is 14.8. The normalized spacial score (nSPS) is 19.2. The van der Waals surface area contributed by atoms with Crippen LogP contribution in [-0.4, -0.2) is 49.7 Å². The highest BCUT2D eigenvalue weighted by molar-refractivity contribution is 6.09. The van der Waals surface area contributed by atoms with Crippen molar-refractivity contribution in [3.8, 4) is 5.69 Å². The number of hydrogen-bond donors (Lipinski definition) is 0. The maximum Gasteiger partial charge on any atom is 0.262 e. The summed E-state index contributed by atoms with van der Waals surface area (Å²) in [5.41, 5.74) is 2.84. The third-order valence-corrected chi connectivity index (χ3v) is 5.03. The predicted molar refractivity (Wildman–Crippen MR) is 96.8 cm³/mol. The highest BCUT2D eigenvalue weighted by Crippen LogP contribution is 2.28. The Kier molecular flexibility index (Phi) is 3.49. The van der Waals surface area contributed by atoms with Crippen LogP contribution < -0.4 is 9.80 Å². The van der Waals surface area contributed by atoms with Gasteiger partial charge in [0.15, 0.2) is 0 Å². The van der Waals surface area contributed by atoms with Gasteiger partial charge in [-0.1, -0.05) is 0 Å². The van der Waals surface area contributed by atoms with Gasteiger partial charge in [0, 0.05) is 26.0 Å². The number of carbonyl (C=O) groups excluding carboxylic acids is 1. The van der Waals surface area contributed by atoms with E-state index >= 15 is 0 Å². The van der Waals surface area contributed by atoms with Crippen molar-refractivity contribution in [1.29, 1.82) is 0 Å². The minimum absolute atomic E-state index is 0.0834. The molecular formula is C18H18FN7O. The molecule has 5 heterocycles. The highest BCUT2D eigenvalue weighted by Gasteiger charge is 2.32. The number of aromatic nitrogens is 5. The van der Waals surface area contributed by atoms with Crippen LogP contribution >= 0.6 is 0 Å². The van der Waals surface area contributed by atoms with Gasteiger partial charge in [0.1, 0.15) is 12.0 Å². The van der Waals surface area contributed by atoms with Crippen molar-refractivity contribution in [2.75, 3.05) is 22.9 Å². The molecular weight excluding hydrogens is 349 g/mol. The Morgan fingerprint density at radius 2 is 2.07 bits per heavy atom. The first kappa shape index (κ1) is 16.0. The molecule has 5 rings (SSSR count). The quantitative estimate of drug-likeness (QED) is 0.705. The Hall–Kier alpha value is -3.23. The topological polar surface area (TPSA) is 72.1 Å². The number of fused-ring (bicyclic) bond motifs is 1. The number of pyridine rings is 1. The van der Waals surface area contributed by atoms with Crippen LogP contribution in [0.3, 0.4) is 0 Å². The largest absolute Gasteiger partial charge is 0.354 e. The Morgan fingerprint density at radius 1 is 1.19 bits per heavy atom. The van der Waals surface area contributed by atoms with Crippen LogP contribution in [0, 0.1) is 0 Å². The van der Waals surface area contributed by atoms with Gasteiger partial charge in [-0.2, -0.15) is 10.2 Å². The summed E-state index contributed by atoms with van der Waals surface area (Å²) in [7, 11) is 1.82. The van der Waals surface area contributed by atoms with Gasteiger partial charge < -0.3 is 4.90 Å². The number of anilines is 2. The van der Waals surface area contributed by atoms with Gasteiger partial charge in [-0.05, 0) is 18.6 Å². The van der Waals surface area contributed by atoms with Crippen molar-refractivity contribution in [1.82, 2.24) is 24.5 Å². The number of carbonyl (C=O) groups is 1. The van der Waals surface area contributed by atoms with Gasteiger partial charge in [0.05, 0.1) is 48.1 Å². The lowest BCUT2D eigenvalue weighted by atomic mass is 10.3. The monoisotopic (exact) mass is 367 g/mol. The van der Waals surface area contributed by atoms with Crippen molar-refractivity contribution in [2.24, 2.45) is 7.05 Å². The van der Waals surface area contributed by atoms with Crippen LogP contribution in [0.4, 0.5) is 15.9 Å². The van der Waals surface area contributed by atoms with E-state index in [2.05, 4.69) is 15.2 Å². The minimum atomic E-state index is -0.783. The maximum atomic E-state index is 13.4. The van der Waals surface area contributed by atoms with E-state index < -0.39 is 6.17 Å². The fraction of sp³-hybridized carbons (Fsp3) is 0.333. The van der Waals surface area contributed by atoms with E-state index in [0.29, 0.717) is 31.6 Å². The first-order valence-electron chi connectivity index (χ1n) is 8.83. The molecule has 2 aliphatic rings. The fourth-order valence-corrected chi connectivity index (χ4v) is 3.59. The second-order valence-corrected chi connectivity index (χ2v) is 6.90. The first-order valence-corrected chi connectivity index (χ1v) is 8.83. The summed E-state index contributed by atoms with van der Waals surface area (Å²) in [6.45, 7) is 1.49. The number of amides is 1. The van der Waals surface area contributed by atoms with Gasteiger partial charge in [-0.25, -0.2) is 14.1 Å². The van der Waals surface area contributed by atoms with Crippen LogP contribution in [-0.2, 0) is 13.6 Å². The molecule has 1 saturated heterocycles. The van der Waals surface area contributed by atoms with Crippen molar-refractivity contribution < 1.29 is 9.18 Å². The van der Waals surface area contributed by atoms with E-state index in [-0.39, 0.29) is 5.91 Å². The van der Waals surface area contributed by atoms with E-state index in [1.54, 1.807) is 39.1 Å². The summed E-state index contributed by atoms with van der Waals surface area (Å²) in [5.74, 6) is 0.678. The van der Waals surface area contributed by atoms with E-state index in [0.717, 1.165) is 22.9 Å². The summed E-state index contributed by atoms with van der Waals surface area (Å²) in [6, 6.07) is 3.75. The second kappa shape index (κ2) is 5.90. The molecule has 0 bridgehead atoms. The summed E-state index contributed by atoms with van der Waals surface area (Å²) in [4.78, 5) is 20.7. The molecule has 3 aromatic rings. The van der Waals surface area contributed by atoms with Crippen molar-refractivity contribution in [3.63, 3.8) is 0 Å². The molecule has 1 amide bonds. The summed E-state index contributed by atoms with van der Waals surface area (Å²) in [5, 5.41) is 8.66. The SMILES string of the molecule is Cn1cc(N2Cc3nn(-c4ccc(N5CC[C@@H](F)C5)nc4)cc3C2=O)cn1. The van der Waals surface area contributed by atoms with Crippen LogP contribution in [0.25, 0.3) is 5.69 Å². The Labute approximate surface area is 154 Å². The van der Waals surface area contributed by atoms with Crippen LogP contribution in [0.5, 0.6) is 0 Å². The van der Waals surface area contributed by atoms with E-state index in [9.17, 15) is 9.18 Å². The minimum Gasteiger partial charge on any atom is -0.354 e. The zero-order valence-corrected chi connectivity index (χ0v) is 14.8. The van der Waals surface area contributed by atoms with Crippen molar-refractivity contribution in [3.05, 3.63) is 48.2 Å². The smallest absolute Gasteiger partial charge is 0.262 e. The molecule has 0 N–H and O–H groups in total. The molecule has 0 unspecified atom stereocenters. The molecule has 8 nitrogen and oxygen atoms in total. The number of alkyl halides is 1. The first-order chi connectivity index (χ1) is 13.1. The maximum absolute atomic E-state index is 13.4. The molecule has 138 valence electrons. The lowest BCUT2D eigenvalue weighted by Crippen LogP contribution is -2.23. The lowest BCUT2D eigenvalue weighted by molar-refractivity contribution is 0.0996. The Morgan fingerprint density at radius 3 is 2.70 bits per heavy atom. The fourth-order valence-electron chi connectivity index (χ4n) is 3.59. The van der Waals surface area contributed by atoms with Gasteiger partial charge in [-0.3, -0.25) is 14.4 Å². The third kappa shape index (κ3) is 2.66. The van der Waals surface area contributed by atoms with Gasteiger partial charge in [0.25, 0.3) is 5.91 Å². The third-order valence-electron chi connectivity index (χ3n) is 5.03. The molecule has 27 heavy (non-hydrogen) atoms. The van der Waals surface area contributed by atoms with Gasteiger partial charge in [0.2, 0.25) is 0 Å². The van der Waals surface area contributed by atoms with E-state index in [4.69, 9.17) is 0 Å². The van der Waals surface area contributed by atoms with E-state index in [1.807, 2.05) is 24.1 Å². The molecule has 0 saturated carbocycles. The molecule has 1 fully saturated rings. The average Bonchev–Trinajstić information content (AvgIpc) is 3.42. The number of nitrogens with zero attached hydrogens (tertiary/aromatic N) is 7. The van der Waals surface area contributed by atoms with E-state index in [1.165, 1.54) is 0 Å². The predicted octanol–water partition coefficient (Wildman–Crippen LogP) is 1.71. The summed E-state index contributed by atoms with van der Waals surface area (Å²) < 4.78 is 16.7. The number of hydrogen-bond acceptors (Lipinski definition) is 5. The van der Waals surface area contributed by atoms with Gasteiger partial charge in [-0.15, -0.1) is 0 Å². The molecule has 0 aromatic carbocycles. The van der Waals surface area contributed by atoms with Crippen molar-refractivity contribution in [2.45, 2.75) is 19.1 Å². The zero-order chi connectivity index (χ0) is 18.5. The summed E-state index contributed by atoms with van der Waals surface area (Å²) in [6.07, 6.45) is 6.67. The number of halogens is 1. The Bertz CT molecular complexity index is 1010. The van der Waals surface area contributed by atoms with Crippen LogP contribution in [0.1, 0.15) is 22.5 Å². The van der Waals surface area contributed by atoms with Crippen LogP contribution in [0.15, 0.2) is 36.9 Å². The standard InChI is InChI=1S/C18H18FN7O/c1-23-9-14(7-21-23)25-11-16-15(18(25)27)10-26(22-16)13-2-3-17(20-6-13)24-5-4-12(19)8-24/h2-3,6-7,9-10,12H,4-5,8,11H2,1H3/t12-/m1/s1. The van der Waals surface area contributed by atoms with Gasteiger partial charge >= 0.3 is 0 Å². The number of aryl methyl sites for hydroxylation is 1. The molecule has 9 heteroatoms. The molecule has 3 aromatic heterocycles. The lowest BCUT2D eigenvalue weighted by Gasteiger charge is -2.16. The average molecular weight is 367 g/mol.